The molecular formula is C13H13NO5. The van der Waals surface area contributed by atoms with Gasteiger partial charge in [0.1, 0.15) is 0 Å². The van der Waals surface area contributed by atoms with Crippen molar-refractivity contribution < 1.29 is 24.2 Å². The Balaban J connectivity index is 1.83. The van der Waals surface area contributed by atoms with Crippen LogP contribution in [0.15, 0.2) is 23.4 Å². The van der Waals surface area contributed by atoms with Crippen LogP contribution in [0.4, 0.5) is 0 Å². The van der Waals surface area contributed by atoms with Crippen molar-refractivity contribution in [1.82, 2.24) is 0 Å². The number of benzene rings is 1. The molecule has 0 bridgehead atoms. The van der Waals surface area contributed by atoms with Gasteiger partial charge in [-0.1, -0.05) is 5.16 Å². The maximum Gasteiger partial charge on any atom is 0.348 e. The minimum absolute atomic E-state index is 0.259. The third kappa shape index (κ3) is 2.33. The summed E-state index contributed by atoms with van der Waals surface area (Å²) in [5.74, 6) is 0.361. The Morgan fingerprint density at radius 2 is 2.05 bits per heavy atom. The SMILES string of the molecule is O=C(O)C1CC(c2ccc3c(c2)OCCCO3)=NO1. The number of aliphatic carboxylic acids is 1. The molecule has 0 fully saturated rings. The highest BCUT2D eigenvalue weighted by Gasteiger charge is 2.28. The van der Waals surface area contributed by atoms with Crippen LogP contribution in [0.25, 0.3) is 0 Å². The number of carbonyl (C=O) groups is 1. The van der Waals surface area contributed by atoms with Crippen molar-refractivity contribution in [2.75, 3.05) is 13.2 Å². The van der Waals surface area contributed by atoms with E-state index in [1.807, 2.05) is 18.2 Å². The predicted octanol–water partition coefficient (Wildman–Crippen LogP) is 1.43. The van der Waals surface area contributed by atoms with E-state index in [0.29, 0.717) is 30.4 Å². The number of carboxylic acids is 1. The molecule has 0 aromatic heterocycles. The number of ether oxygens (including phenoxy) is 2. The average Bonchev–Trinajstić information content (AvgIpc) is 2.78. The molecule has 1 aromatic rings. The summed E-state index contributed by atoms with van der Waals surface area (Å²) in [4.78, 5) is 15.7. The molecule has 0 saturated carbocycles. The molecule has 2 aliphatic rings. The lowest BCUT2D eigenvalue weighted by Gasteiger charge is -2.08. The van der Waals surface area contributed by atoms with Gasteiger partial charge >= 0.3 is 5.97 Å². The van der Waals surface area contributed by atoms with Gasteiger partial charge in [0.05, 0.1) is 18.9 Å². The molecule has 1 atom stereocenters. The molecule has 100 valence electrons. The standard InChI is InChI=1S/C13H13NO5/c15-13(16)12-7-9(14-19-12)8-2-3-10-11(6-8)18-5-1-4-17-10/h2-3,6,12H,1,4-5,7H2,(H,15,16). The largest absolute Gasteiger partial charge is 0.490 e. The van der Waals surface area contributed by atoms with Crippen molar-refractivity contribution >= 4 is 11.7 Å². The molecule has 1 aromatic carbocycles. The second-order valence-electron chi connectivity index (χ2n) is 4.39. The van der Waals surface area contributed by atoms with E-state index < -0.39 is 12.1 Å². The van der Waals surface area contributed by atoms with Crippen LogP contribution < -0.4 is 9.47 Å². The Morgan fingerprint density at radius 3 is 2.79 bits per heavy atom. The lowest BCUT2D eigenvalue weighted by atomic mass is 10.0. The van der Waals surface area contributed by atoms with Crippen molar-refractivity contribution in [2.24, 2.45) is 5.16 Å². The van der Waals surface area contributed by atoms with Gasteiger partial charge in [-0.15, -0.1) is 0 Å². The molecular weight excluding hydrogens is 250 g/mol. The molecule has 6 heteroatoms. The lowest BCUT2D eigenvalue weighted by molar-refractivity contribution is -0.148. The first-order valence-electron chi connectivity index (χ1n) is 6.09. The Labute approximate surface area is 109 Å². The van der Waals surface area contributed by atoms with E-state index in [1.54, 1.807) is 0 Å². The van der Waals surface area contributed by atoms with Crippen LogP contribution in [0.1, 0.15) is 18.4 Å². The lowest BCUT2D eigenvalue weighted by Crippen LogP contribution is -2.19. The van der Waals surface area contributed by atoms with Gasteiger partial charge in [0.15, 0.2) is 11.5 Å². The van der Waals surface area contributed by atoms with Crippen molar-refractivity contribution in [3.63, 3.8) is 0 Å². The number of hydrogen-bond donors (Lipinski definition) is 1. The normalized spacial score (nSPS) is 21.3. The van der Waals surface area contributed by atoms with E-state index in [1.165, 1.54) is 0 Å². The molecule has 1 N–H and O–H groups in total. The molecule has 0 spiro atoms. The number of rotatable bonds is 2. The minimum Gasteiger partial charge on any atom is -0.490 e. The molecule has 3 rings (SSSR count). The van der Waals surface area contributed by atoms with Gasteiger partial charge < -0.3 is 19.4 Å². The highest BCUT2D eigenvalue weighted by Crippen LogP contribution is 2.31. The fourth-order valence-corrected chi connectivity index (χ4v) is 2.02. The third-order valence-corrected chi connectivity index (χ3v) is 3.03. The third-order valence-electron chi connectivity index (χ3n) is 3.03. The average molecular weight is 263 g/mol. The quantitative estimate of drug-likeness (QED) is 0.873. The zero-order chi connectivity index (χ0) is 13.2. The van der Waals surface area contributed by atoms with Crippen molar-refractivity contribution in [2.45, 2.75) is 18.9 Å². The summed E-state index contributed by atoms with van der Waals surface area (Å²) >= 11 is 0. The Hall–Kier alpha value is -2.24. The molecule has 1 unspecified atom stereocenters. The van der Waals surface area contributed by atoms with Gasteiger partial charge in [0, 0.05) is 18.4 Å². The van der Waals surface area contributed by atoms with Crippen molar-refractivity contribution in [1.29, 1.82) is 0 Å². The fourth-order valence-electron chi connectivity index (χ4n) is 2.02. The summed E-state index contributed by atoms with van der Waals surface area (Å²) in [5, 5.41) is 12.7. The van der Waals surface area contributed by atoms with Crippen molar-refractivity contribution in [3.05, 3.63) is 23.8 Å². The summed E-state index contributed by atoms with van der Waals surface area (Å²) in [6, 6.07) is 5.46. The maximum atomic E-state index is 10.8. The topological polar surface area (TPSA) is 77.4 Å². The van der Waals surface area contributed by atoms with E-state index in [0.717, 1.165) is 12.0 Å². The maximum absolute atomic E-state index is 10.8. The number of carboxylic acid groups (broad SMARTS) is 1. The molecule has 0 saturated heterocycles. The first-order valence-corrected chi connectivity index (χ1v) is 6.09. The van der Waals surface area contributed by atoms with Crippen LogP contribution in [0, 0.1) is 0 Å². The molecule has 0 aliphatic carbocycles. The summed E-state index contributed by atoms with van der Waals surface area (Å²) in [6.45, 7) is 1.24. The summed E-state index contributed by atoms with van der Waals surface area (Å²) < 4.78 is 11.1. The van der Waals surface area contributed by atoms with Gasteiger partial charge in [0.25, 0.3) is 0 Å². The molecule has 0 amide bonds. The molecule has 0 radical (unpaired) electrons. The van der Waals surface area contributed by atoms with Gasteiger partial charge in [-0.2, -0.15) is 0 Å². The van der Waals surface area contributed by atoms with E-state index in [9.17, 15) is 4.79 Å². The second-order valence-corrected chi connectivity index (χ2v) is 4.39. The van der Waals surface area contributed by atoms with Gasteiger partial charge in [0.2, 0.25) is 6.10 Å². The molecule has 2 aliphatic heterocycles. The number of nitrogens with zero attached hydrogens (tertiary/aromatic N) is 1. The number of fused-ring (bicyclic) bond motifs is 1. The number of oxime groups is 1. The van der Waals surface area contributed by atoms with E-state index in [-0.39, 0.29) is 6.42 Å². The van der Waals surface area contributed by atoms with Gasteiger partial charge in [-0.05, 0) is 18.2 Å². The van der Waals surface area contributed by atoms with Crippen LogP contribution >= 0.6 is 0 Å². The zero-order valence-electron chi connectivity index (χ0n) is 10.2. The molecule has 19 heavy (non-hydrogen) atoms. The second kappa shape index (κ2) is 4.79. The van der Waals surface area contributed by atoms with E-state index in [4.69, 9.17) is 19.4 Å². The summed E-state index contributed by atoms with van der Waals surface area (Å²) in [7, 11) is 0. The van der Waals surface area contributed by atoms with Crippen LogP contribution in [0.2, 0.25) is 0 Å². The molecule has 2 heterocycles. The van der Waals surface area contributed by atoms with Gasteiger partial charge in [-0.3, -0.25) is 0 Å². The van der Waals surface area contributed by atoms with Crippen molar-refractivity contribution in [3.8, 4) is 11.5 Å². The minimum atomic E-state index is -1.01. The number of hydrogen-bond acceptors (Lipinski definition) is 5. The van der Waals surface area contributed by atoms with Crippen LogP contribution in [0.3, 0.4) is 0 Å². The first-order chi connectivity index (χ1) is 9.24. The highest BCUT2D eigenvalue weighted by atomic mass is 16.7. The Bertz CT molecular complexity index is 540. The monoisotopic (exact) mass is 263 g/mol. The summed E-state index contributed by atoms with van der Waals surface area (Å²) in [6.07, 6.45) is 0.204. The van der Waals surface area contributed by atoms with Gasteiger partial charge in [-0.25, -0.2) is 4.79 Å². The van der Waals surface area contributed by atoms with Crippen LogP contribution in [-0.4, -0.2) is 36.1 Å². The first kappa shape index (κ1) is 11.8. The predicted molar refractivity (Wildman–Crippen MR) is 65.7 cm³/mol. The Kier molecular flexibility index (Phi) is 2.98. The van der Waals surface area contributed by atoms with E-state index >= 15 is 0 Å². The fraction of sp³-hybridized carbons (Fsp3) is 0.385. The zero-order valence-corrected chi connectivity index (χ0v) is 10.2. The van der Waals surface area contributed by atoms with Crippen LogP contribution in [-0.2, 0) is 9.63 Å². The van der Waals surface area contributed by atoms with E-state index in [2.05, 4.69) is 5.16 Å². The molecule has 6 nitrogen and oxygen atoms in total. The smallest absolute Gasteiger partial charge is 0.348 e. The van der Waals surface area contributed by atoms with Crippen LogP contribution in [0.5, 0.6) is 11.5 Å². The summed E-state index contributed by atoms with van der Waals surface area (Å²) in [5.41, 5.74) is 1.41. The Morgan fingerprint density at radius 1 is 1.26 bits per heavy atom. The highest BCUT2D eigenvalue weighted by molar-refractivity contribution is 6.03.